The van der Waals surface area contributed by atoms with Gasteiger partial charge in [0.15, 0.2) is 11.2 Å². The van der Waals surface area contributed by atoms with Gasteiger partial charge in [-0.1, -0.05) is 0 Å². The van der Waals surface area contributed by atoms with Crippen molar-refractivity contribution < 1.29 is 9.52 Å². The molecule has 1 aliphatic rings. The van der Waals surface area contributed by atoms with E-state index in [9.17, 15) is 9.90 Å². The molecule has 1 atom stereocenters. The molecule has 3 heterocycles. The molecule has 20 heavy (non-hydrogen) atoms. The zero-order valence-corrected chi connectivity index (χ0v) is 11.4. The van der Waals surface area contributed by atoms with Crippen molar-refractivity contribution in [2.75, 3.05) is 26.2 Å². The smallest absolute Gasteiger partial charge is 0.406 e. The van der Waals surface area contributed by atoms with E-state index in [1.54, 1.807) is 22.9 Å². The Kier molecular flexibility index (Phi) is 3.84. The van der Waals surface area contributed by atoms with Gasteiger partial charge in [0.1, 0.15) is 0 Å². The van der Waals surface area contributed by atoms with Gasteiger partial charge < -0.3 is 14.4 Å². The summed E-state index contributed by atoms with van der Waals surface area (Å²) in [6, 6.07) is 3.51. The van der Waals surface area contributed by atoms with E-state index in [1.807, 2.05) is 0 Å². The number of aliphatic hydroxyl groups excluding tert-OH is 1. The van der Waals surface area contributed by atoms with Gasteiger partial charge in [0.05, 0.1) is 0 Å². The Bertz CT molecular complexity index is 634. The maximum Gasteiger partial charge on any atom is 0.421 e. The van der Waals surface area contributed by atoms with Crippen LogP contribution in [0.3, 0.4) is 0 Å². The number of likely N-dealkylation sites (tertiary alicyclic amines) is 1. The van der Waals surface area contributed by atoms with Gasteiger partial charge in [-0.2, -0.15) is 0 Å². The van der Waals surface area contributed by atoms with Crippen LogP contribution in [0.2, 0.25) is 0 Å². The summed E-state index contributed by atoms with van der Waals surface area (Å²) in [7, 11) is 0. The second-order valence-corrected chi connectivity index (χ2v) is 5.34. The molecule has 0 amide bonds. The van der Waals surface area contributed by atoms with Crippen molar-refractivity contribution in [1.82, 2.24) is 14.5 Å². The van der Waals surface area contributed by atoms with E-state index in [2.05, 4.69) is 9.88 Å². The lowest BCUT2D eigenvalue weighted by molar-refractivity contribution is 0.117. The van der Waals surface area contributed by atoms with Crippen molar-refractivity contribution in [3.8, 4) is 0 Å². The van der Waals surface area contributed by atoms with E-state index in [1.165, 1.54) is 0 Å². The largest absolute Gasteiger partial charge is 0.421 e. The number of oxazole rings is 1. The van der Waals surface area contributed by atoms with E-state index >= 15 is 0 Å². The van der Waals surface area contributed by atoms with Gasteiger partial charge in [0, 0.05) is 32.4 Å². The summed E-state index contributed by atoms with van der Waals surface area (Å²) in [6.07, 6.45) is 3.85. The first-order chi connectivity index (χ1) is 9.78. The molecule has 0 aliphatic carbocycles. The SMILES string of the molecule is O=c1oc2cccnc2n1CCN1CCCC(CO)C1. The van der Waals surface area contributed by atoms with Gasteiger partial charge in [-0.05, 0) is 37.4 Å². The highest BCUT2D eigenvalue weighted by atomic mass is 16.4. The summed E-state index contributed by atoms with van der Waals surface area (Å²) in [4.78, 5) is 18.3. The van der Waals surface area contributed by atoms with Gasteiger partial charge in [-0.3, -0.25) is 4.57 Å². The molecule has 0 aromatic carbocycles. The Morgan fingerprint density at radius 2 is 2.35 bits per heavy atom. The highest BCUT2D eigenvalue weighted by molar-refractivity contribution is 5.67. The molecule has 0 radical (unpaired) electrons. The lowest BCUT2D eigenvalue weighted by Crippen LogP contribution is -2.39. The molecule has 1 aliphatic heterocycles. The molecule has 1 saturated heterocycles. The number of nitrogens with zero attached hydrogens (tertiary/aromatic N) is 3. The minimum Gasteiger partial charge on any atom is -0.406 e. The van der Waals surface area contributed by atoms with Crippen molar-refractivity contribution in [2.45, 2.75) is 19.4 Å². The molecule has 6 heteroatoms. The van der Waals surface area contributed by atoms with E-state index in [0.29, 0.717) is 23.7 Å². The van der Waals surface area contributed by atoms with Gasteiger partial charge >= 0.3 is 5.76 Å². The number of fused-ring (bicyclic) bond motifs is 1. The first-order valence-electron chi connectivity index (χ1n) is 7.05. The third kappa shape index (κ3) is 2.62. The Hall–Kier alpha value is -1.66. The van der Waals surface area contributed by atoms with Crippen LogP contribution in [0.15, 0.2) is 27.5 Å². The Balaban J connectivity index is 1.71. The maximum atomic E-state index is 11.8. The van der Waals surface area contributed by atoms with Crippen LogP contribution >= 0.6 is 0 Å². The van der Waals surface area contributed by atoms with Crippen molar-refractivity contribution in [3.63, 3.8) is 0 Å². The normalized spacial score (nSPS) is 20.6. The van der Waals surface area contributed by atoms with Crippen LogP contribution in [-0.2, 0) is 6.54 Å². The fourth-order valence-electron chi connectivity index (χ4n) is 2.84. The molecule has 1 unspecified atom stereocenters. The maximum absolute atomic E-state index is 11.8. The van der Waals surface area contributed by atoms with Crippen molar-refractivity contribution in [3.05, 3.63) is 28.9 Å². The Morgan fingerprint density at radius 3 is 3.20 bits per heavy atom. The van der Waals surface area contributed by atoms with Gasteiger partial charge in [0.25, 0.3) is 0 Å². The fourth-order valence-corrected chi connectivity index (χ4v) is 2.84. The lowest BCUT2D eigenvalue weighted by atomic mass is 9.99. The molecular formula is C14H19N3O3. The standard InChI is InChI=1S/C14H19N3O3/c18-10-11-3-2-6-16(9-11)7-8-17-13-12(20-14(17)19)4-1-5-15-13/h1,4-5,11,18H,2-3,6-10H2. The van der Waals surface area contributed by atoms with E-state index in [0.717, 1.165) is 32.5 Å². The average molecular weight is 277 g/mol. The first kappa shape index (κ1) is 13.3. The van der Waals surface area contributed by atoms with Gasteiger partial charge in [-0.15, -0.1) is 0 Å². The minimum atomic E-state index is -0.352. The number of hydrogen-bond acceptors (Lipinski definition) is 5. The zero-order chi connectivity index (χ0) is 13.9. The molecule has 0 bridgehead atoms. The molecular weight excluding hydrogens is 258 g/mol. The molecule has 1 fully saturated rings. The number of piperidine rings is 1. The minimum absolute atomic E-state index is 0.243. The molecule has 3 rings (SSSR count). The van der Waals surface area contributed by atoms with Crippen LogP contribution in [0.5, 0.6) is 0 Å². The summed E-state index contributed by atoms with van der Waals surface area (Å²) in [5.74, 6) is 0.00843. The number of rotatable bonds is 4. The molecule has 6 nitrogen and oxygen atoms in total. The van der Waals surface area contributed by atoms with E-state index < -0.39 is 0 Å². The zero-order valence-electron chi connectivity index (χ0n) is 11.4. The number of aromatic nitrogens is 2. The number of hydrogen-bond donors (Lipinski definition) is 1. The predicted octanol–water partition coefficient (Wildman–Crippen LogP) is 0.694. The Morgan fingerprint density at radius 1 is 1.45 bits per heavy atom. The van der Waals surface area contributed by atoms with Crippen LogP contribution < -0.4 is 5.76 Å². The van der Waals surface area contributed by atoms with Crippen LogP contribution in [0.1, 0.15) is 12.8 Å². The van der Waals surface area contributed by atoms with E-state index in [4.69, 9.17) is 4.42 Å². The van der Waals surface area contributed by atoms with Crippen molar-refractivity contribution >= 4 is 11.2 Å². The van der Waals surface area contributed by atoms with Gasteiger partial charge in [-0.25, -0.2) is 9.78 Å². The van der Waals surface area contributed by atoms with Gasteiger partial charge in [0.2, 0.25) is 0 Å². The quantitative estimate of drug-likeness (QED) is 0.890. The second-order valence-electron chi connectivity index (χ2n) is 5.34. The number of aliphatic hydroxyl groups is 1. The van der Waals surface area contributed by atoms with Crippen LogP contribution in [-0.4, -0.2) is 45.8 Å². The lowest BCUT2D eigenvalue weighted by Gasteiger charge is -2.31. The van der Waals surface area contributed by atoms with Crippen LogP contribution in [0, 0.1) is 5.92 Å². The number of pyridine rings is 1. The van der Waals surface area contributed by atoms with Crippen LogP contribution in [0.4, 0.5) is 0 Å². The average Bonchev–Trinajstić information content (AvgIpc) is 2.81. The summed E-state index contributed by atoms with van der Waals surface area (Å²) in [5, 5.41) is 9.24. The molecule has 0 saturated carbocycles. The third-order valence-corrected chi connectivity index (χ3v) is 3.93. The summed E-state index contributed by atoms with van der Waals surface area (Å²) < 4.78 is 6.75. The summed E-state index contributed by atoms with van der Waals surface area (Å²) in [5.41, 5.74) is 1.14. The second kappa shape index (κ2) is 5.76. The molecule has 2 aromatic rings. The molecule has 108 valence electrons. The molecule has 0 spiro atoms. The molecule has 1 N–H and O–H groups in total. The summed E-state index contributed by atoms with van der Waals surface area (Å²) in [6.45, 7) is 3.51. The predicted molar refractivity (Wildman–Crippen MR) is 74.5 cm³/mol. The van der Waals surface area contributed by atoms with Crippen molar-refractivity contribution in [2.24, 2.45) is 5.92 Å². The fraction of sp³-hybridized carbons (Fsp3) is 0.571. The summed E-state index contributed by atoms with van der Waals surface area (Å²) >= 11 is 0. The molecule has 2 aromatic heterocycles. The monoisotopic (exact) mass is 277 g/mol. The third-order valence-electron chi connectivity index (χ3n) is 3.93. The highest BCUT2D eigenvalue weighted by Gasteiger charge is 2.19. The first-order valence-corrected chi connectivity index (χ1v) is 7.05. The van der Waals surface area contributed by atoms with Crippen LogP contribution in [0.25, 0.3) is 11.2 Å². The topological polar surface area (TPSA) is 71.5 Å². The Labute approximate surface area is 116 Å². The highest BCUT2D eigenvalue weighted by Crippen LogP contribution is 2.16. The van der Waals surface area contributed by atoms with E-state index in [-0.39, 0.29) is 12.4 Å². The van der Waals surface area contributed by atoms with Crippen molar-refractivity contribution in [1.29, 1.82) is 0 Å².